The van der Waals surface area contributed by atoms with Crippen LogP contribution in [0.25, 0.3) is 0 Å². The minimum absolute atomic E-state index is 1.08. The maximum absolute atomic E-state index is 11.2. The van der Waals surface area contributed by atoms with Gasteiger partial charge in [0.2, 0.25) is 5.85 Å². The standard InChI is InChI=1S/C6H14.C3H7FO/c1-3-5-6-4-2;1-3(2,4)5/h3-6H2,1-2H3;5H,1-2H3. The lowest BCUT2D eigenvalue weighted by Gasteiger charge is -1.99. The zero-order chi connectivity index (χ0) is 9.33. The summed E-state index contributed by atoms with van der Waals surface area (Å²) in [7, 11) is 0. The first-order valence-electron chi connectivity index (χ1n) is 4.33. The van der Waals surface area contributed by atoms with Crippen LogP contribution in [-0.4, -0.2) is 11.0 Å². The first-order valence-corrected chi connectivity index (χ1v) is 4.33. The lowest BCUT2D eigenvalue weighted by molar-refractivity contribution is -0.0515. The molecule has 0 aromatic rings. The van der Waals surface area contributed by atoms with Gasteiger partial charge in [-0.3, -0.25) is 0 Å². The Balaban J connectivity index is 0. The van der Waals surface area contributed by atoms with Gasteiger partial charge in [-0.2, -0.15) is 0 Å². The highest BCUT2D eigenvalue weighted by Crippen LogP contribution is 1.98. The third-order valence-electron chi connectivity index (χ3n) is 0.957. The second kappa shape index (κ2) is 7.99. The Morgan fingerprint density at radius 2 is 1.27 bits per heavy atom. The van der Waals surface area contributed by atoms with Crippen molar-refractivity contribution >= 4 is 0 Å². The van der Waals surface area contributed by atoms with E-state index in [1.165, 1.54) is 25.7 Å². The first-order chi connectivity index (χ1) is 4.91. The Hall–Kier alpha value is -0.110. The van der Waals surface area contributed by atoms with Crippen LogP contribution in [0, 0.1) is 0 Å². The van der Waals surface area contributed by atoms with Crippen LogP contribution in [0.2, 0.25) is 0 Å². The van der Waals surface area contributed by atoms with Crippen LogP contribution in [0.5, 0.6) is 0 Å². The molecule has 0 aliphatic rings. The molecule has 11 heavy (non-hydrogen) atoms. The van der Waals surface area contributed by atoms with Crippen LogP contribution < -0.4 is 0 Å². The highest BCUT2D eigenvalue weighted by atomic mass is 19.2. The summed E-state index contributed by atoms with van der Waals surface area (Å²) in [5.74, 6) is -2.00. The average Bonchev–Trinajstić information content (AvgIpc) is 1.79. The summed E-state index contributed by atoms with van der Waals surface area (Å²) in [6, 6.07) is 0. The lowest BCUT2D eigenvalue weighted by Crippen LogP contribution is -2.07. The molecule has 0 spiro atoms. The van der Waals surface area contributed by atoms with E-state index in [9.17, 15) is 4.39 Å². The first kappa shape index (κ1) is 13.5. The summed E-state index contributed by atoms with van der Waals surface area (Å²) in [5.41, 5.74) is 0. The van der Waals surface area contributed by atoms with E-state index in [-0.39, 0.29) is 0 Å². The molecule has 2 heteroatoms. The Morgan fingerprint density at radius 3 is 1.36 bits per heavy atom. The quantitative estimate of drug-likeness (QED) is 0.635. The molecule has 0 unspecified atom stereocenters. The Labute approximate surface area is 69.6 Å². The molecule has 0 fully saturated rings. The molecule has 70 valence electrons. The predicted molar refractivity (Wildman–Crippen MR) is 47.2 cm³/mol. The molecule has 0 saturated carbocycles. The maximum atomic E-state index is 11.2. The van der Waals surface area contributed by atoms with Crippen LogP contribution in [0.3, 0.4) is 0 Å². The molecule has 0 bridgehead atoms. The van der Waals surface area contributed by atoms with Crippen molar-refractivity contribution in [2.24, 2.45) is 0 Å². The van der Waals surface area contributed by atoms with Gasteiger partial charge in [0.25, 0.3) is 0 Å². The van der Waals surface area contributed by atoms with Gasteiger partial charge in [-0.25, -0.2) is 4.39 Å². The number of hydrogen-bond acceptors (Lipinski definition) is 1. The van der Waals surface area contributed by atoms with E-state index in [4.69, 9.17) is 5.11 Å². The van der Waals surface area contributed by atoms with Gasteiger partial charge in [-0.05, 0) is 13.8 Å². The minimum Gasteiger partial charge on any atom is -0.362 e. The SMILES string of the molecule is CC(C)(O)F.CCCCCC. The number of halogens is 1. The zero-order valence-corrected chi connectivity index (χ0v) is 8.15. The van der Waals surface area contributed by atoms with Gasteiger partial charge in [0.05, 0.1) is 0 Å². The van der Waals surface area contributed by atoms with Crippen LogP contribution >= 0.6 is 0 Å². The highest BCUT2D eigenvalue weighted by molar-refractivity contribution is 4.38. The Kier molecular flexibility index (Phi) is 9.79. The lowest BCUT2D eigenvalue weighted by atomic mass is 10.2. The van der Waals surface area contributed by atoms with Crippen molar-refractivity contribution in [2.45, 2.75) is 59.2 Å². The van der Waals surface area contributed by atoms with Crippen LogP contribution in [-0.2, 0) is 0 Å². The van der Waals surface area contributed by atoms with E-state index in [0.717, 1.165) is 13.8 Å². The topological polar surface area (TPSA) is 20.2 Å². The van der Waals surface area contributed by atoms with Crippen molar-refractivity contribution in [2.75, 3.05) is 0 Å². The van der Waals surface area contributed by atoms with E-state index in [0.29, 0.717) is 0 Å². The van der Waals surface area contributed by atoms with Crippen molar-refractivity contribution in [3.63, 3.8) is 0 Å². The molecule has 0 atom stereocenters. The zero-order valence-electron chi connectivity index (χ0n) is 8.15. The van der Waals surface area contributed by atoms with E-state index >= 15 is 0 Å². The van der Waals surface area contributed by atoms with Crippen molar-refractivity contribution in [1.82, 2.24) is 0 Å². The molecular weight excluding hydrogens is 143 g/mol. The fourth-order valence-corrected chi connectivity index (χ4v) is 0.500. The molecule has 0 radical (unpaired) electrons. The summed E-state index contributed by atoms with van der Waals surface area (Å²) >= 11 is 0. The average molecular weight is 164 g/mol. The predicted octanol–water partition coefficient (Wildman–Crippen LogP) is 3.27. The number of alkyl halides is 1. The molecule has 1 nitrogen and oxygen atoms in total. The van der Waals surface area contributed by atoms with Crippen molar-refractivity contribution in [1.29, 1.82) is 0 Å². The largest absolute Gasteiger partial charge is 0.362 e. The van der Waals surface area contributed by atoms with Crippen LogP contribution in [0.1, 0.15) is 53.4 Å². The van der Waals surface area contributed by atoms with E-state index in [1.54, 1.807) is 0 Å². The molecule has 0 amide bonds. The second-order valence-corrected chi connectivity index (χ2v) is 3.12. The fourth-order valence-electron chi connectivity index (χ4n) is 0.500. The van der Waals surface area contributed by atoms with Crippen LogP contribution in [0.4, 0.5) is 4.39 Å². The van der Waals surface area contributed by atoms with Gasteiger partial charge in [0.1, 0.15) is 0 Å². The third kappa shape index (κ3) is 73.7. The van der Waals surface area contributed by atoms with Crippen molar-refractivity contribution in [3.05, 3.63) is 0 Å². The number of rotatable bonds is 3. The van der Waals surface area contributed by atoms with Gasteiger partial charge < -0.3 is 5.11 Å². The summed E-state index contributed by atoms with van der Waals surface area (Å²) in [6.45, 7) is 6.62. The van der Waals surface area contributed by atoms with Gasteiger partial charge >= 0.3 is 0 Å². The summed E-state index contributed by atoms with van der Waals surface area (Å²) in [6.07, 6.45) is 5.54. The Bertz CT molecular complexity index is 56.5. The molecular formula is C9H21FO. The van der Waals surface area contributed by atoms with E-state index < -0.39 is 5.85 Å². The molecule has 0 saturated heterocycles. The van der Waals surface area contributed by atoms with Gasteiger partial charge in [-0.15, -0.1) is 0 Å². The molecule has 0 heterocycles. The fraction of sp³-hybridized carbons (Fsp3) is 1.00. The van der Waals surface area contributed by atoms with E-state index in [1.807, 2.05) is 0 Å². The highest BCUT2D eigenvalue weighted by Gasteiger charge is 2.04. The number of aliphatic hydroxyl groups is 1. The summed E-state index contributed by atoms with van der Waals surface area (Å²) in [4.78, 5) is 0. The molecule has 0 rings (SSSR count). The number of hydrogen-bond donors (Lipinski definition) is 1. The number of unbranched alkanes of at least 4 members (excludes halogenated alkanes) is 3. The molecule has 0 aliphatic heterocycles. The normalized spacial score (nSPS) is 10.4. The minimum atomic E-state index is -2.00. The molecule has 0 aromatic heterocycles. The molecule has 1 N–H and O–H groups in total. The summed E-state index contributed by atoms with van der Waals surface area (Å²) in [5, 5.41) is 7.85. The smallest absolute Gasteiger partial charge is 0.201 e. The van der Waals surface area contributed by atoms with Crippen molar-refractivity contribution in [3.8, 4) is 0 Å². The van der Waals surface area contributed by atoms with Crippen molar-refractivity contribution < 1.29 is 9.50 Å². The second-order valence-electron chi connectivity index (χ2n) is 3.12. The van der Waals surface area contributed by atoms with E-state index in [2.05, 4.69) is 13.8 Å². The molecule has 0 aliphatic carbocycles. The maximum Gasteiger partial charge on any atom is 0.201 e. The van der Waals surface area contributed by atoms with Crippen LogP contribution in [0.15, 0.2) is 0 Å². The van der Waals surface area contributed by atoms with Gasteiger partial charge in [0, 0.05) is 0 Å². The van der Waals surface area contributed by atoms with Gasteiger partial charge in [-0.1, -0.05) is 39.5 Å². The Morgan fingerprint density at radius 1 is 1.09 bits per heavy atom. The van der Waals surface area contributed by atoms with Gasteiger partial charge in [0.15, 0.2) is 0 Å². The molecule has 0 aromatic carbocycles. The summed E-state index contributed by atoms with van der Waals surface area (Å²) < 4.78 is 11.2. The third-order valence-corrected chi connectivity index (χ3v) is 0.957. The monoisotopic (exact) mass is 164 g/mol.